The Hall–Kier alpha value is -2.14. The van der Waals surface area contributed by atoms with Crippen LogP contribution >= 0.6 is 15.9 Å². The molecule has 0 radical (unpaired) electrons. The van der Waals surface area contributed by atoms with Crippen LogP contribution < -0.4 is 11.1 Å². The molecule has 0 bridgehead atoms. The number of halogens is 1. The average Bonchev–Trinajstić information content (AvgIpc) is 2.38. The number of nitrogens with two attached hydrogens (primary N) is 1. The maximum Gasteiger partial charge on any atom is 0.256 e. The topological polar surface area (TPSA) is 72.2 Å². The Morgan fingerprint density at radius 2 is 1.90 bits per heavy atom. The lowest BCUT2D eigenvalue weighted by atomic mass is 10.1. The van der Waals surface area contributed by atoms with Gasteiger partial charge in [0, 0.05) is 15.7 Å². The van der Waals surface area contributed by atoms with Crippen LogP contribution in [0.3, 0.4) is 0 Å². The molecule has 0 saturated carbocycles. The number of rotatable bonds is 3. The van der Waals surface area contributed by atoms with Gasteiger partial charge in [-0.15, -0.1) is 0 Å². The second kappa shape index (κ2) is 5.88. The van der Waals surface area contributed by atoms with E-state index in [0.29, 0.717) is 16.8 Å². The number of anilines is 1. The quantitative estimate of drug-likeness (QED) is 0.906. The monoisotopic (exact) mass is 332 g/mol. The Balaban J connectivity index is 2.23. The van der Waals surface area contributed by atoms with E-state index >= 15 is 0 Å². The molecule has 0 heterocycles. The molecule has 2 rings (SSSR count). The highest BCUT2D eigenvalue weighted by Crippen LogP contribution is 2.20. The van der Waals surface area contributed by atoms with Gasteiger partial charge in [-0.1, -0.05) is 12.1 Å². The highest BCUT2D eigenvalue weighted by molar-refractivity contribution is 9.10. The minimum Gasteiger partial charge on any atom is -0.366 e. The summed E-state index contributed by atoms with van der Waals surface area (Å²) in [5.74, 6) is -0.781. The summed E-state index contributed by atoms with van der Waals surface area (Å²) in [5.41, 5.74) is 7.67. The van der Waals surface area contributed by atoms with Gasteiger partial charge in [0.15, 0.2) is 0 Å². The summed E-state index contributed by atoms with van der Waals surface area (Å²) in [5, 5.41) is 2.74. The number of primary amides is 1. The third-order valence-corrected chi connectivity index (χ3v) is 3.43. The third kappa shape index (κ3) is 3.24. The molecule has 0 spiro atoms. The molecule has 0 fully saturated rings. The molecule has 5 heteroatoms. The number of hydrogen-bond acceptors (Lipinski definition) is 2. The molecule has 2 amide bonds. The minimum atomic E-state index is -0.530. The second-order valence-corrected chi connectivity index (χ2v) is 5.24. The molecule has 0 aromatic heterocycles. The first kappa shape index (κ1) is 14.3. The van der Waals surface area contributed by atoms with E-state index in [2.05, 4.69) is 21.2 Å². The number of benzene rings is 2. The zero-order chi connectivity index (χ0) is 14.7. The van der Waals surface area contributed by atoms with Crippen molar-refractivity contribution in [2.24, 2.45) is 5.73 Å². The molecule has 102 valence electrons. The molecule has 2 aromatic carbocycles. The second-order valence-electron chi connectivity index (χ2n) is 4.38. The van der Waals surface area contributed by atoms with Crippen molar-refractivity contribution in [2.75, 3.05) is 5.32 Å². The summed E-state index contributed by atoms with van der Waals surface area (Å²) in [6.45, 7) is 1.95. The maximum absolute atomic E-state index is 12.2. The first-order valence-electron chi connectivity index (χ1n) is 5.95. The van der Waals surface area contributed by atoms with Crippen LogP contribution in [-0.4, -0.2) is 11.8 Å². The zero-order valence-electron chi connectivity index (χ0n) is 10.8. The van der Waals surface area contributed by atoms with Crippen molar-refractivity contribution in [3.63, 3.8) is 0 Å². The van der Waals surface area contributed by atoms with Crippen molar-refractivity contribution in [1.82, 2.24) is 0 Å². The SMILES string of the molecule is Cc1ccc(C(=O)Nc2cccc(C(N)=O)c2)c(Br)c1. The van der Waals surface area contributed by atoms with Crippen molar-refractivity contribution in [3.05, 3.63) is 63.6 Å². The normalized spacial score (nSPS) is 10.1. The van der Waals surface area contributed by atoms with Gasteiger partial charge in [-0.05, 0) is 58.7 Å². The van der Waals surface area contributed by atoms with Crippen LogP contribution in [0.1, 0.15) is 26.3 Å². The van der Waals surface area contributed by atoms with Crippen LogP contribution in [0, 0.1) is 6.92 Å². The number of carbonyl (C=O) groups excluding carboxylic acids is 2. The molecule has 0 aliphatic heterocycles. The van der Waals surface area contributed by atoms with Gasteiger partial charge >= 0.3 is 0 Å². The van der Waals surface area contributed by atoms with Gasteiger partial charge in [0.2, 0.25) is 5.91 Å². The Kier molecular flexibility index (Phi) is 4.20. The van der Waals surface area contributed by atoms with E-state index in [0.717, 1.165) is 10.0 Å². The van der Waals surface area contributed by atoms with Crippen LogP contribution in [0.5, 0.6) is 0 Å². The predicted octanol–water partition coefficient (Wildman–Crippen LogP) is 3.11. The van der Waals surface area contributed by atoms with Crippen molar-refractivity contribution in [1.29, 1.82) is 0 Å². The molecule has 20 heavy (non-hydrogen) atoms. The molecule has 0 saturated heterocycles. The third-order valence-electron chi connectivity index (χ3n) is 2.77. The molecular formula is C15H13BrN2O2. The average molecular weight is 333 g/mol. The standard InChI is InChI=1S/C15H13BrN2O2/c1-9-5-6-12(13(16)7-9)15(20)18-11-4-2-3-10(8-11)14(17)19/h2-8H,1H3,(H2,17,19)(H,18,20). The summed E-state index contributed by atoms with van der Waals surface area (Å²) in [6.07, 6.45) is 0. The van der Waals surface area contributed by atoms with Crippen LogP contribution in [0.2, 0.25) is 0 Å². The maximum atomic E-state index is 12.2. The number of nitrogens with one attached hydrogen (secondary N) is 1. The van der Waals surface area contributed by atoms with Gasteiger partial charge < -0.3 is 11.1 Å². The van der Waals surface area contributed by atoms with Crippen LogP contribution in [0.15, 0.2) is 46.9 Å². The summed E-state index contributed by atoms with van der Waals surface area (Å²) in [6, 6.07) is 12.0. The molecule has 3 N–H and O–H groups in total. The first-order chi connectivity index (χ1) is 9.47. The van der Waals surface area contributed by atoms with E-state index in [-0.39, 0.29) is 5.91 Å². The van der Waals surface area contributed by atoms with Gasteiger partial charge in [0.05, 0.1) is 5.56 Å². The fourth-order valence-corrected chi connectivity index (χ4v) is 2.43. The van der Waals surface area contributed by atoms with E-state index in [9.17, 15) is 9.59 Å². The molecule has 2 aromatic rings. The van der Waals surface area contributed by atoms with E-state index < -0.39 is 5.91 Å². The lowest BCUT2D eigenvalue weighted by Crippen LogP contribution is -2.14. The van der Waals surface area contributed by atoms with Crippen molar-refractivity contribution < 1.29 is 9.59 Å². The summed E-state index contributed by atoms with van der Waals surface area (Å²) in [4.78, 5) is 23.3. The number of amides is 2. The highest BCUT2D eigenvalue weighted by Gasteiger charge is 2.11. The van der Waals surface area contributed by atoms with E-state index in [4.69, 9.17) is 5.73 Å². The van der Waals surface area contributed by atoms with Crippen LogP contribution in [-0.2, 0) is 0 Å². The van der Waals surface area contributed by atoms with Gasteiger partial charge in [-0.3, -0.25) is 9.59 Å². The molecule has 0 unspecified atom stereocenters. The lowest BCUT2D eigenvalue weighted by molar-refractivity contribution is 0.0996. The van der Waals surface area contributed by atoms with E-state index in [1.807, 2.05) is 19.1 Å². The van der Waals surface area contributed by atoms with Gasteiger partial charge in [0.1, 0.15) is 0 Å². The highest BCUT2D eigenvalue weighted by atomic mass is 79.9. The zero-order valence-corrected chi connectivity index (χ0v) is 12.4. The first-order valence-corrected chi connectivity index (χ1v) is 6.74. The number of aryl methyl sites for hydroxylation is 1. The van der Waals surface area contributed by atoms with Gasteiger partial charge in [-0.25, -0.2) is 0 Å². The van der Waals surface area contributed by atoms with E-state index in [1.54, 1.807) is 30.3 Å². The lowest BCUT2D eigenvalue weighted by Gasteiger charge is -2.08. The molecule has 0 atom stereocenters. The van der Waals surface area contributed by atoms with Crippen LogP contribution in [0.25, 0.3) is 0 Å². The van der Waals surface area contributed by atoms with Crippen LogP contribution in [0.4, 0.5) is 5.69 Å². The summed E-state index contributed by atoms with van der Waals surface area (Å²) in [7, 11) is 0. The largest absolute Gasteiger partial charge is 0.366 e. The predicted molar refractivity (Wildman–Crippen MR) is 81.8 cm³/mol. The summed E-state index contributed by atoms with van der Waals surface area (Å²) < 4.78 is 0.723. The van der Waals surface area contributed by atoms with Crippen molar-refractivity contribution >= 4 is 33.4 Å². The van der Waals surface area contributed by atoms with Gasteiger partial charge in [0.25, 0.3) is 5.91 Å². The smallest absolute Gasteiger partial charge is 0.256 e. The number of carbonyl (C=O) groups is 2. The Morgan fingerprint density at radius 3 is 2.55 bits per heavy atom. The minimum absolute atomic E-state index is 0.251. The fourth-order valence-electron chi connectivity index (χ4n) is 1.75. The fraction of sp³-hybridized carbons (Fsp3) is 0.0667. The van der Waals surface area contributed by atoms with Gasteiger partial charge in [-0.2, -0.15) is 0 Å². The van der Waals surface area contributed by atoms with Crippen molar-refractivity contribution in [3.8, 4) is 0 Å². The summed E-state index contributed by atoms with van der Waals surface area (Å²) >= 11 is 3.36. The van der Waals surface area contributed by atoms with E-state index in [1.165, 1.54) is 0 Å². The Morgan fingerprint density at radius 1 is 1.15 bits per heavy atom. The Labute approximate surface area is 125 Å². The molecule has 4 nitrogen and oxygen atoms in total. The number of hydrogen-bond donors (Lipinski definition) is 2. The molecule has 0 aliphatic carbocycles. The Bertz CT molecular complexity index is 683. The molecular weight excluding hydrogens is 320 g/mol. The van der Waals surface area contributed by atoms with Crippen molar-refractivity contribution in [2.45, 2.75) is 6.92 Å². The molecule has 0 aliphatic rings.